The van der Waals surface area contributed by atoms with E-state index >= 15 is 0 Å². The Balaban J connectivity index is 1.77. The largest absolute Gasteiger partial charge is 0.493 e. The van der Waals surface area contributed by atoms with Gasteiger partial charge in [0.1, 0.15) is 5.58 Å². The van der Waals surface area contributed by atoms with Crippen LogP contribution in [0.4, 0.5) is 0 Å². The quantitative estimate of drug-likeness (QED) is 0.525. The molecule has 3 aromatic rings. The lowest BCUT2D eigenvalue weighted by atomic mass is 9.96. The summed E-state index contributed by atoms with van der Waals surface area (Å²) < 4.78 is 28.6. The van der Waals surface area contributed by atoms with E-state index in [4.69, 9.17) is 23.4 Å². The monoisotopic (exact) mass is 479 g/mol. The Morgan fingerprint density at radius 2 is 1.71 bits per heavy atom. The molecule has 2 aliphatic heterocycles. The van der Waals surface area contributed by atoms with Gasteiger partial charge in [0.2, 0.25) is 11.5 Å². The summed E-state index contributed by atoms with van der Waals surface area (Å²) in [5.74, 6) is 1.07. The predicted octanol–water partition coefficient (Wildman–Crippen LogP) is 4.16. The number of aryl methyl sites for hydroxylation is 2. The highest BCUT2D eigenvalue weighted by atomic mass is 16.5. The lowest BCUT2D eigenvalue weighted by molar-refractivity contribution is 0.0486. The first kappa shape index (κ1) is 23.2. The van der Waals surface area contributed by atoms with Gasteiger partial charge < -0.3 is 28.3 Å². The van der Waals surface area contributed by atoms with Crippen LogP contribution in [0.15, 0.2) is 33.5 Å². The minimum atomic E-state index is -0.684. The molecule has 3 heterocycles. The van der Waals surface area contributed by atoms with Crippen molar-refractivity contribution in [1.29, 1.82) is 0 Å². The molecule has 0 N–H and O–H groups in total. The number of benzene rings is 2. The minimum absolute atomic E-state index is 0.0734. The van der Waals surface area contributed by atoms with Gasteiger partial charge in [-0.05, 0) is 61.6 Å². The fourth-order valence-corrected chi connectivity index (χ4v) is 5.32. The number of ether oxygens (including phenoxy) is 4. The van der Waals surface area contributed by atoms with Gasteiger partial charge in [0, 0.05) is 13.2 Å². The minimum Gasteiger partial charge on any atom is -0.493 e. The summed E-state index contributed by atoms with van der Waals surface area (Å²) in [5, 5.41) is 0.485. The zero-order valence-corrected chi connectivity index (χ0v) is 20.6. The van der Waals surface area contributed by atoms with E-state index in [0.717, 1.165) is 24.0 Å². The van der Waals surface area contributed by atoms with Gasteiger partial charge in [-0.15, -0.1) is 0 Å². The van der Waals surface area contributed by atoms with E-state index in [0.29, 0.717) is 52.5 Å². The number of methoxy groups -OCH3 is 3. The van der Waals surface area contributed by atoms with Crippen LogP contribution in [0.25, 0.3) is 11.0 Å². The van der Waals surface area contributed by atoms with E-state index < -0.39 is 6.04 Å². The predicted molar refractivity (Wildman–Crippen MR) is 130 cm³/mol. The Hall–Kier alpha value is -3.52. The SMILES string of the molecule is COc1cc(C2c3c(oc4cc(C)cc(C)c4c3=O)C(=O)N2CC2CCCO2)cc(OC)c1OC. The van der Waals surface area contributed by atoms with Crippen LogP contribution in [-0.4, -0.2) is 51.4 Å². The Kier molecular flexibility index (Phi) is 5.92. The molecule has 0 radical (unpaired) electrons. The van der Waals surface area contributed by atoms with Crippen LogP contribution in [0, 0.1) is 13.8 Å². The van der Waals surface area contributed by atoms with E-state index in [2.05, 4.69) is 0 Å². The van der Waals surface area contributed by atoms with E-state index in [1.54, 1.807) is 23.1 Å². The van der Waals surface area contributed by atoms with Gasteiger partial charge in [0.15, 0.2) is 16.9 Å². The smallest absolute Gasteiger partial charge is 0.291 e. The molecule has 2 unspecified atom stereocenters. The highest BCUT2D eigenvalue weighted by molar-refractivity contribution is 5.99. The second-order valence-electron chi connectivity index (χ2n) is 9.08. The maximum Gasteiger partial charge on any atom is 0.291 e. The molecule has 1 aromatic heterocycles. The van der Waals surface area contributed by atoms with Crippen LogP contribution in [0.5, 0.6) is 17.2 Å². The van der Waals surface area contributed by atoms with Crippen molar-refractivity contribution in [3.05, 3.63) is 62.5 Å². The Bertz CT molecular complexity index is 1350. The maximum atomic E-state index is 13.9. The molecule has 1 amide bonds. The molecule has 0 bridgehead atoms. The van der Waals surface area contributed by atoms with Gasteiger partial charge in [-0.1, -0.05) is 6.07 Å². The molecule has 5 rings (SSSR count). The van der Waals surface area contributed by atoms with Gasteiger partial charge in [-0.2, -0.15) is 0 Å². The third-order valence-electron chi connectivity index (χ3n) is 6.84. The fourth-order valence-electron chi connectivity index (χ4n) is 5.32. The van der Waals surface area contributed by atoms with Crippen molar-refractivity contribution in [3.63, 3.8) is 0 Å². The lowest BCUT2D eigenvalue weighted by Crippen LogP contribution is -2.36. The third kappa shape index (κ3) is 3.72. The molecule has 2 atom stereocenters. The normalized spacial score (nSPS) is 19.3. The molecule has 0 spiro atoms. The van der Waals surface area contributed by atoms with Crippen LogP contribution in [-0.2, 0) is 4.74 Å². The topological polar surface area (TPSA) is 87.4 Å². The molecule has 2 aliphatic rings. The molecule has 2 aromatic carbocycles. The zero-order valence-electron chi connectivity index (χ0n) is 20.6. The molecular formula is C27H29NO7. The van der Waals surface area contributed by atoms with Crippen molar-refractivity contribution in [1.82, 2.24) is 4.90 Å². The van der Waals surface area contributed by atoms with E-state index in [1.807, 2.05) is 19.9 Å². The number of rotatable bonds is 6. The molecule has 8 nitrogen and oxygen atoms in total. The number of hydrogen-bond acceptors (Lipinski definition) is 7. The van der Waals surface area contributed by atoms with Crippen molar-refractivity contribution in [2.24, 2.45) is 0 Å². The molecule has 0 saturated carbocycles. The van der Waals surface area contributed by atoms with Crippen molar-refractivity contribution in [2.75, 3.05) is 34.5 Å². The van der Waals surface area contributed by atoms with Gasteiger partial charge in [-0.3, -0.25) is 9.59 Å². The summed E-state index contributed by atoms with van der Waals surface area (Å²) in [4.78, 5) is 29.3. The van der Waals surface area contributed by atoms with Crippen LogP contribution >= 0.6 is 0 Å². The summed E-state index contributed by atoms with van der Waals surface area (Å²) in [7, 11) is 4.60. The Labute approximate surface area is 203 Å². The van der Waals surface area contributed by atoms with Crippen LogP contribution in [0.2, 0.25) is 0 Å². The van der Waals surface area contributed by atoms with Crippen LogP contribution in [0.1, 0.15) is 51.7 Å². The highest BCUT2D eigenvalue weighted by Crippen LogP contribution is 2.45. The summed E-state index contributed by atoms with van der Waals surface area (Å²) in [5.41, 5.74) is 2.97. The second kappa shape index (κ2) is 8.92. The molecule has 184 valence electrons. The molecule has 0 aliphatic carbocycles. The first-order valence-corrected chi connectivity index (χ1v) is 11.7. The van der Waals surface area contributed by atoms with Gasteiger partial charge in [0.25, 0.3) is 5.91 Å². The fraction of sp³-hybridized carbons (Fsp3) is 0.407. The zero-order chi connectivity index (χ0) is 24.9. The number of carbonyl (C=O) groups excluding carboxylic acids is 1. The highest BCUT2D eigenvalue weighted by Gasteiger charge is 2.44. The Morgan fingerprint density at radius 3 is 2.31 bits per heavy atom. The number of amides is 1. The summed E-state index contributed by atoms with van der Waals surface area (Å²) >= 11 is 0. The number of hydrogen-bond donors (Lipinski definition) is 0. The van der Waals surface area contributed by atoms with Crippen LogP contribution < -0.4 is 19.6 Å². The summed E-state index contributed by atoms with van der Waals surface area (Å²) in [6, 6.07) is 6.62. The van der Waals surface area contributed by atoms with E-state index in [1.165, 1.54) is 21.3 Å². The molecule has 35 heavy (non-hydrogen) atoms. The summed E-state index contributed by atoms with van der Waals surface area (Å²) in [6.45, 7) is 4.82. The van der Waals surface area contributed by atoms with E-state index in [-0.39, 0.29) is 23.2 Å². The molecule has 1 saturated heterocycles. The first-order chi connectivity index (χ1) is 16.9. The van der Waals surface area contributed by atoms with Crippen LogP contribution in [0.3, 0.4) is 0 Å². The van der Waals surface area contributed by atoms with Gasteiger partial charge >= 0.3 is 0 Å². The third-order valence-corrected chi connectivity index (χ3v) is 6.84. The van der Waals surface area contributed by atoms with E-state index in [9.17, 15) is 9.59 Å². The average Bonchev–Trinajstić information content (AvgIpc) is 3.45. The molecular weight excluding hydrogens is 450 g/mol. The maximum absolute atomic E-state index is 13.9. The van der Waals surface area contributed by atoms with Crippen molar-refractivity contribution in [3.8, 4) is 17.2 Å². The second-order valence-corrected chi connectivity index (χ2v) is 9.08. The van der Waals surface area contributed by atoms with Crippen molar-refractivity contribution in [2.45, 2.75) is 38.8 Å². The van der Waals surface area contributed by atoms with Crippen molar-refractivity contribution < 1.29 is 28.2 Å². The number of nitrogens with zero attached hydrogens (tertiary/aromatic N) is 1. The lowest BCUT2D eigenvalue weighted by Gasteiger charge is -2.28. The molecule has 8 heteroatoms. The average molecular weight is 480 g/mol. The Morgan fingerprint density at radius 1 is 1.00 bits per heavy atom. The number of fused-ring (bicyclic) bond motifs is 2. The standard InChI is InChI=1S/C27H29NO7/c1-14-9-15(2)21-18(10-14)35-26-22(24(21)29)23(28(27(26)30)13-17-7-6-8-34-17)16-11-19(31-3)25(33-5)20(12-16)32-4/h9-12,17,23H,6-8,13H2,1-5H3. The molecule has 1 fully saturated rings. The van der Waals surface area contributed by atoms with Gasteiger partial charge in [-0.25, -0.2) is 0 Å². The number of carbonyl (C=O) groups is 1. The van der Waals surface area contributed by atoms with Gasteiger partial charge in [0.05, 0.1) is 44.4 Å². The summed E-state index contributed by atoms with van der Waals surface area (Å²) in [6.07, 6.45) is 1.68. The first-order valence-electron chi connectivity index (χ1n) is 11.7. The van der Waals surface area contributed by atoms with Crippen molar-refractivity contribution >= 4 is 16.9 Å².